The van der Waals surface area contributed by atoms with Gasteiger partial charge in [0.05, 0.1) is 12.7 Å². The molecule has 4 N–H and O–H groups in total. The first-order valence-corrected chi connectivity index (χ1v) is 13.8. The van der Waals surface area contributed by atoms with Crippen LogP contribution in [0.5, 0.6) is 0 Å². The van der Waals surface area contributed by atoms with Gasteiger partial charge in [0.15, 0.2) is 6.23 Å². The first kappa shape index (κ1) is 27.8. The summed E-state index contributed by atoms with van der Waals surface area (Å²) in [6.45, 7) is 4.01. The number of aromatic amines is 1. The number of carbonyl (C=O) groups excluding carboxylic acids is 1. The molecular weight excluding hydrogens is 477 g/mol. The van der Waals surface area contributed by atoms with E-state index in [0.29, 0.717) is 12.2 Å². The molecule has 14 heteroatoms. The molecule has 0 radical (unpaired) electrons. The number of nitrogens with zero attached hydrogens (tertiary/aromatic N) is 1. The van der Waals surface area contributed by atoms with E-state index in [4.69, 9.17) is 14.0 Å². The lowest BCUT2D eigenvalue weighted by atomic mass is 9.96. The fraction of sp³-hybridized carbons (Fsp3) is 0.737. The number of H-pyrrole nitrogens is 1. The normalized spacial score (nSPS) is 27.9. The van der Waals surface area contributed by atoms with E-state index in [1.165, 1.54) is 13.8 Å². The molecular formula is C19H32N3O9PS. The van der Waals surface area contributed by atoms with Crippen LogP contribution in [0.3, 0.4) is 0 Å². The summed E-state index contributed by atoms with van der Waals surface area (Å²) in [7, 11) is 0. The summed E-state index contributed by atoms with van der Waals surface area (Å²) in [4.78, 5) is 37.6. The molecule has 2 heterocycles. The van der Waals surface area contributed by atoms with Gasteiger partial charge in [0.1, 0.15) is 23.9 Å². The molecule has 1 aromatic heterocycles. The van der Waals surface area contributed by atoms with Gasteiger partial charge in [0.2, 0.25) is 0 Å². The van der Waals surface area contributed by atoms with E-state index < -0.39 is 60.6 Å². The zero-order valence-electron chi connectivity index (χ0n) is 19.2. The number of aromatic nitrogens is 2. The van der Waals surface area contributed by atoms with Crippen LogP contribution in [0.1, 0.15) is 47.3 Å². The maximum absolute atomic E-state index is 13.4. The molecule has 12 nitrogen and oxygen atoms in total. The first-order chi connectivity index (χ1) is 15.3. The third kappa shape index (κ3) is 7.01. The van der Waals surface area contributed by atoms with Gasteiger partial charge in [0.25, 0.3) is 5.56 Å². The summed E-state index contributed by atoms with van der Waals surface area (Å²) in [5.41, 5.74) is -3.37. The molecule has 2 rings (SSSR count). The van der Waals surface area contributed by atoms with Crippen LogP contribution in [0, 0.1) is 0 Å². The molecule has 1 aromatic rings. The first-order valence-electron chi connectivity index (χ1n) is 10.6. The molecule has 0 spiro atoms. The number of aliphatic hydroxyl groups is 2. The lowest BCUT2D eigenvalue weighted by Crippen LogP contribution is -2.46. The van der Waals surface area contributed by atoms with E-state index in [1.54, 1.807) is 13.8 Å². The average Bonchev–Trinajstić information content (AvgIpc) is 2.94. The average molecular weight is 510 g/mol. The summed E-state index contributed by atoms with van der Waals surface area (Å²) < 4.78 is 30.7. The Labute approximate surface area is 195 Å². The van der Waals surface area contributed by atoms with Gasteiger partial charge in [-0.3, -0.25) is 23.7 Å². The highest BCUT2D eigenvalue weighted by molar-refractivity contribution is 8.56. The van der Waals surface area contributed by atoms with Crippen LogP contribution in [0.4, 0.5) is 0 Å². The standard InChI is InChI=1S/C19H32N3O9PS/c1-6-9-33-32(28,21-12(4)16(25)30-11(2)3)29-10-13-15(24)19(5,27)17(31-13)22-8-7-14(23)20-18(22)26/h7-8,11-13,15,17,24,27H,6,9-10H2,1-5H3,(H,21,28)(H,20,23,26)/t12-,13-,15-,17-,19-,32+/m1/s1. The Kier molecular flexibility index (Phi) is 9.51. The number of nitrogens with one attached hydrogen (secondary N) is 2. The maximum atomic E-state index is 13.4. The van der Waals surface area contributed by atoms with Gasteiger partial charge in [-0.2, -0.15) is 0 Å². The molecule has 1 fully saturated rings. The molecule has 0 saturated carbocycles. The maximum Gasteiger partial charge on any atom is 0.330 e. The molecule has 188 valence electrons. The number of hydrogen-bond acceptors (Lipinski definition) is 10. The van der Waals surface area contributed by atoms with Crippen molar-refractivity contribution in [1.29, 1.82) is 0 Å². The summed E-state index contributed by atoms with van der Waals surface area (Å²) in [6, 6.07) is 0.154. The van der Waals surface area contributed by atoms with Crippen LogP contribution in [-0.2, 0) is 23.4 Å². The molecule has 6 atom stereocenters. The molecule has 0 aliphatic carbocycles. The molecule has 0 amide bonds. The second kappa shape index (κ2) is 11.3. The van der Waals surface area contributed by atoms with Gasteiger partial charge in [-0.25, -0.2) is 9.88 Å². The highest BCUT2D eigenvalue weighted by Gasteiger charge is 2.54. The van der Waals surface area contributed by atoms with Gasteiger partial charge >= 0.3 is 18.4 Å². The molecule has 1 aliphatic rings. The minimum Gasteiger partial charge on any atom is -0.462 e. The van der Waals surface area contributed by atoms with Gasteiger partial charge in [0, 0.05) is 18.0 Å². The van der Waals surface area contributed by atoms with Gasteiger partial charge < -0.3 is 24.2 Å². The number of rotatable bonds is 11. The Balaban J connectivity index is 2.16. The smallest absolute Gasteiger partial charge is 0.330 e. The predicted molar refractivity (Wildman–Crippen MR) is 122 cm³/mol. The molecule has 33 heavy (non-hydrogen) atoms. The van der Waals surface area contributed by atoms with Crippen molar-refractivity contribution in [3.05, 3.63) is 33.1 Å². The number of esters is 1. The Morgan fingerprint density at radius 1 is 1.42 bits per heavy atom. The van der Waals surface area contributed by atoms with Crippen LogP contribution in [0.25, 0.3) is 0 Å². The summed E-state index contributed by atoms with van der Waals surface area (Å²) in [5, 5.41) is 24.1. The summed E-state index contributed by atoms with van der Waals surface area (Å²) >= 11 is 0.994. The minimum atomic E-state index is -3.64. The van der Waals surface area contributed by atoms with Crippen LogP contribution >= 0.6 is 18.1 Å². The van der Waals surface area contributed by atoms with Crippen molar-refractivity contribution in [2.24, 2.45) is 0 Å². The van der Waals surface area contributed by atoms with E-state index in [0.717, 1.165) is 28.2 Å². The van der Waals surface area contributed by atoms with Gasteiger partial charge in [-0.15, -0.1) is 0 Å². The van der Waals surface area contributed by atoms with Crippen molar-refractivity contribution in [2.75, 3.05) is 12.4 Å². The second-order valence-corrected chi connectivity index (χ2v) is 12.6. The Morgan fingerprint density at radius 3 is 2.67 bits per heavy atom. The monoisotopic (exact) mass is 509 g/mol. The molecule has 1 saturated heterocycles. The van der Waals surface area contributed by atoms with Crippen molar-refractivity contribution in [3.63, 3.8) is 0 Å². The molecule has 0 unspecified atom stereocenters. The molecule has 1 aliphatic heterocycles. The van der Waals surface area contributed by atoms with Crippen molar-refractivity contribution < 1.29 is 33.6 Å². The van der Waals surface area contributed by atoms with Crippen LogP contribution < -0.4 is 16.3 Å². The minimum absolute atomic E-state index is 0.345. The largest absolute Gasteiger partial charge is 0.462 e. The topological polar surface area (TPSA) is 169 Å². The third-order valence-electron chi connectivity index (χ3n) is 4.79. The van der Waals surface area contributed by atoms with Crippen molar-refractivity contribution in [2.45, 2.75) is 77.2 Å². The van der Waals surface area contributed by atoms with E-state index >= 15 is 0 Å². The zero-order valence-corrected chi connectivity index (χ0v) is 20.9. The SMILES string of the molecule is CCCS[P@](=O)(N[C@H](C)C(=O)OC(C)C)OC[C@H]1O[C@@H](n2ccc(=O)[nH]c2=O)[C@](C)(O)[C@@H]1O. The van der Waals surface area contributed by atoms with Gasteiger partial charge in [-0.05, 0) is 34.1 Å². The fourth-order valence-electron chi connectivity index (χ4n) is 3.11. The lowest BCUT2D eigenvalue weighted by Gasteiger charge is -2.27. The highest BCUT2D eigenvalue weighted by Crippen LogP contribution is 2.57. The van der Waals surface area contributed by atoms with E-state index in [-0.39, 0.29) is 6.10 Å². The number of aliphatic hydroxyl groups excluding tert-OH is 1. The van der Waals surface area contributed by atoms with Crippen molar-refractivity contribution >= 4 is 24.1 Å². The molecule has 0 bridgehead atoms. The highest BCUT2D eigenvalue weighted by atomic mass is 32.7. The summed E-state index contributed by atoms with van der Waals surface area (Å²) in [6.07, 6.45) is -2.50. The quantitative estimate of drug-likeness (QED) is 0.245. The van der Waals surface area contributed by atoms with E-state index in [2.05, 4.69) is 10.1 Å². The van der Waals surface area contributed by atoms with Crippen LogP contribution in [0.15, 0.2) is 21.9 Å². The van der Waals surface area contributed by atoms with E-state index in [1.807, 2.05) is 6.92 Å². The van der Waals surface area contributed by atoms with Crippen LogP contribution in [0.2, 0.25) is 0 Å². The van der Waals surface area contributed by atoms with Gasteiger partial charge in [-0.1, -0.05) is 18.3 Å². The summed E-state index contributed by atoms with van der Waals surface area (Å²) in [5.74, 6) is -0.124. The molecule has 0 aromatic carbocycles. The van der Waals surface area contributed by atoms with Crippen molar-refractivity contribution in [1.82, 2.24) is 14.6 Å². The Bertz CT molecular complexity index is 980. The number of carbonyl (C=O) groups is 1. The number of hydrogen-bond donors (Lipinski definition) is 4. The van der Waals surface area contributed by atoms with E-state index in [9.17, 15) is 29.2 Å². The van der Waals surface area contributed by atoms with Crippen LogP contribution in [-0.4, -0.2) is 68.0 Å². The lowest BCUT2D eigenvalue weighted by molar-refractivity contribution is -0.149. The predicted octanol–water partition coefficient (Wildman–Crippen LogP) is 0.744. The zero-order chi connectivity index (χ0) is 25.0. The Morgan fingerprint density at radius 2 is 2.09 bits per heavy atom. The number of ether oxygens (including phenoxy) is 2. The van der Waals surface area contributed by atoms with Crippen molar-refractivity contribution in [3.8, 4) is 0 Å². The Hall–Kier alpha value is -1.47. The second-order valence-electron chi connectivity index (χ2n) is 8.18. The third-order valence-corrected chi connectivity index (χ3v) is 9.11. The fourth-order valence-corrected chi connectivity index (χ4v) is 7.05.